The number of nitro groups is 1. The van der Waals surface area contributed by atoms with Crippen LogP contribution in [-0.2, 0) is 6.54 Å². The molecule has 0 saturated carbocycles. The van der Waals surface area contributed by atoms with E-state index in [1.165, 1.54) is 25.1 Å². The first kappa shape index (κ1) is 18.9. The summed E-state index contributed by atoms with van der Waals surface area (Å²) < 4.78 is 0.829. The number of pyridine rings is 1. The molecule has 2 rings (SSSR count). The number of nitro benzene ring substituents is 1. The maximum absolute atomic E-state index is 12.8. The lowest BCUT2D eigenvalue weighted by molar-refractivity contribution is -0.384. The molecule has 1 aromatic heterocycles. The Balaban J connectivity index is 2.78. The van der Waals surface area contributed by atoms with Crippen molar-refractivity contribution in [3.63, 3.8) is 0 Å². The molecule has 0 aliphatic heterocycles. The molecule has 1 aromatic carbocycles. The zero-order valence-electron chi connectivity index (χ0n) is 13.5. The van der Waals surface area contributed by atoms with E-state index in [0.717, 1.165) is 10.6 Å². The first-order valence-corrected chi connectivity index (χ1v) is 7.58. The molecule has 2 aromatic rings. The van der Waals surface area contributed by atoms with Crippen LogP contribution in [0.25, 0.3) is 0 Å². The van der Waals surface area contributed by atoms with Gasteiger partial charge in [0.05, 0.1) is 10.5 Å². The minimum absolute atomic E-state index is 0.0158. The molecule has 0 atom stereocenters. The molecule has 0 radical (unpaired) electrons. The van der Waals surface area contributed by atoms with E-state index in [9.17, 15) is 30.1 Å². The van der Waals surface area contributed by atoms with Crippen LogP contribution in [0.4, 0.5) is 5.69 Å². The van der Waals surface area contributed by atoms with E-state index in [2.05, 4.69) is 6.58 Å². The number of benzene rings is 1. The second kappa shape index (κ2) is 7.21. The number of allylic oxidation sites excluding steroid dienone is 1. The zero-order chi connectivity index (χ0) is 19.6. The molecule has 8 nitrogen and oxygen atoms in total. The third kappa shape index (κ3) is 3.08. The Morgan fingerprint density at radius 1 is 1.54 bits per heavy atom. The van der Waals surface area contributed by atoms with Crippen LogP contribution in [-0.4, -0.2) is 20.4 Å². The van der Waals surface area contributed by atoms with Crippen molar-refractivity contribution in [1.29, 1.82) is 5.26 Å². The van der Waals surface area contributed by atoms with E-state index in [4.69, 9.17) is 11.6 Å². The first-order valence-electron chi connectivity index (χ1n) is 7.20. The number of carbonyl (C=O) groups excluding carboxylic acids is 1. The average Bonchev–Trinajstić information content (AvgIpc) is 2.59. The van der Waals surface area contributed by atoms with Crippen molar-refractivity contribution in [3.8, 4) is 11.9 Å². The zero-order valence-corrected chi connectivity index (χ0v) is 14.3. The molecule has 0 bridgehead atoms. The van der Waals surface area contributed by atoms with Gasteiger partial charge < -0.3 is 5.11 Å². The lowest BCUT2D eigenvalue weighted by atomic mass is 9.97. The molecule has 132 valence electrons. The highest BCUT2D eigenvalue weighted by atomic mass is 35.5. The van der Waals surface area contributed by atoms with Crippen molar-refractivity contribution in [1.82, 2.24) is 4.57 Å². The van der Waals surface area contributed by atoms with E-state index >= 15 is 0 Å². The lowest BCUT2D eigenvalue weighted by Gasteiger charge is -2.14. The van der Waals surface area contributed by atoms with Gasteiger partial charge in [-0.05, 0) is 24.6 Å². The van der Waals surface area contributed by atoms with Gasteiger partial charge in [-0.25, -0.2) is 0 Å². The summed E-state index contributed by atoms with van der Waals surface area (Å²) in [7, 11) is 0. The molecular weight excluding hydrogens is 362 g/mol. The van der Waals surface area contributed by atoms with Crippen LogP contribution in [0.3, 0.4) is 0 Å². The van der Waals surface area contributed by atoms with Gasteiger partial charge in [0.1, 0.15) is 16.7 Å². The van der Waals surface area contributed by atoms with Crippen molar-refractivity contribution in [2.75, 3.05) is 0 Å². The summed E-state index contributed by atoms with van der Waals surface area (Å²) in [5.74, 6) is -1.43. The largest absolute Gasteiger partial charge is 0.494 e. The summed E-state index contributed by atoms with van der Waals surface area (Å²) in [4.78, 5) is 35.3. The predicted octanol–water partition coefficient (Wildman–Crippen LogP) is 2.71. The Hall–Kier alpha value is -3.44. The molecule has 0 unspecified atom stereocenters. The number of nitriles is 1. The van der Waals surface area contributed by atoms with Crippen molar-refractivity contribution < 1.29 is 14.8 Å². The Kier molecular flexibility index (Phi) is 5.24. The van der Waals surface area contributed by atoms with Gasteiger partial charge in [0.25, 0.3) is 11.2 Å². The molecule has 0 saturated heterocycles. The highest BCUT2D eigenvalue weighted by Gasteiger charge is 2.26. The topological polar surface area (TPSA) is 126 Å². The SMILES string of the molecule is C=CCn1c(O)c(C(=O)c2ccc(Cl)c([N+](=O)[O-])c2)c(C)c(C#N)c1=O. The molecule has 0 amide bonds. The normalized spacial score (nSPS) is 10.2. The molecule has 9 heteroatoms. The third-order valence-electron chi connectivity index (χ3n) is 3.74. The average molecular weight is 374 g/mol. The van der Waals surface area contributed by atoms with E-state index < -0.39 is 27.8 Å². The number of carbonyl (C=O) groups is 1. The van der Waals surface area contributed by atoms with Crippen molar-refractivity contribution in [2.45, 2.75) is 13.5 Å². The second-order valence-corrected chi connectivity index (χ2v) is 5.67. The number of nitrogens with zero attached hydrogens (tertiary/aromatic N) is 3. The third-order valence-corrected chi connectivity index (χ3v) is 4.06. The summed E-state index contributed by atoms with van der Waals surface area (Å²) in [6.45, 7) is 4.68. The first-order chi connectivity index (χ1) is 12.2. The second-order valence-electron chi connectivity index (χ2n) is 5.27. The van der Waals surface area contributed by atoms with Gasteiger partial charge >= 0.3 is 0 Å². The molecular formula is C17H12ClN3O5. The number of halogens is 1. The quantitative estimate of drug-likeness (QED) is 0.371. The monoisotopic (exact) mass is 373 g/mol. The molecule has 1 heterocycles. The lowest BCUT2D eigenvalue weighted by Crippen LogP contribution is -2.26. The van der Waals surface area contributed by atoms with E-state index in [1.54, 1.807) is 6.07 Å². The Labute approximate surface area is 152 Å². The van der Waals surface area contributed by atoms with E-state index in [0.29, 0.717) is 0 Å². The van der Waals surface area contributed by atoms with Crippen molar-refractivity contribution in [2.24, 2.45) is 0 Å². The van der Waals surface area contributed by atoms with E-state index in [-0.39, 0.29) is 33.8 Å². The Morgan fingerprint density at radius 2 is 2.19 bits per heavy atom. The molecule has 26 heavy (non-hydrogen) atoms. The van der Waals surface area contributed by atoms with E-state index in [1.807, 2.05) is 0 Å². The Bertz CT molecular complexity index is 1050. The van der Waals surface area contributed by atoms with Gasteiger partial charge in [-0.15, -0.1) is 6.58 Å². The van der Waals surface area contributed by atoms with Gasteiger partial charge in [0.2, 0.25) is 5.88 Å². The number of ketones is 1. The van der Waals surface area contributed by atoms with Gasteiger partial charge in [-0.2, -0.15) is 5.26 Å². The summed E-state index contributed by atoms with van der Waals surface area (Å²) in [5.41, 5.74) is -1.98. The smallest absolute Gasteiger partial charge is 0.288 e. The van der Waals surface area contributed by atoms with Crippen molar-refractivity contribution >= 4 is 23.1 Å². The molecule has 0 spiro atoms. The van der Waals surface area contributed by atoms with Crippen LogP contribution in [0.2, 0.25) is 5.02 Å². The fraction of sp³-hybridized carbons (Fsp3) is 0.118. The standard InChI is InChI=1S/C17H12ClN3O5/c1-3-6-20-16(23)11(8-19)9(2)14(17(20)24)15(22)10-4-5-12(18)13(7-10)21(25)26/h3-5,7,24H,1,6H2,2H3. The minimum Gasteiger partial charge on any atom is -0.494 e. The predicted molar refractivity (Wildman–Crippen MR) is 93.6 cm³/mol. The number of hydrogen-bond acceptors (Lipinski definition) is 6. The van der Waals surface area contributed by atoms with Crippen LogP contribution in [0, 0.1) is 28.4 Å². The molecule has 0 aliphatic carbocycles. The fourth-order valence-corrected chi connectivity index (χ4v) is 2.65. The number of aromatic nitrogens is 1. The van der Waals surface area contributed by atoms with Crippen LogP contribution in [0.15, 0.2) is 35.6 Å². The summed E-state index contributed by atoms with van der Waals surface area (Å²) in [6, 6.07) is 5.13. The van der Waals surface area contributed by atoms with Crippen LogP contribution >= 0.6 is 11.6 Å². The van der Waals surface area contributed by atoms with Gasteiger partial charge in [-0.1, -0.05) is 17.7 Å². The number of rotatable bonds is 5. The highest BCUT2D eigenvalue weighted by molar-refractivity contribution is 6.32. The maximum Gasteiger partial charge on any atom is 0.288 e. The Morgan fingerprint density at radius 3 is 2.73 bits per heavy atom. The fourth-order valence-electron chi connectivity index (χ4n) is 2.46. The number of hydrogen-bond donors (Lipinski definition) is 1. The van der Waals surface area contributed by atoms with Crippen molar-refractivity contribution in [3.05, 3.63) is 78.6 Å². The van der Waals surface area contributed by atoms with Gasteiger partial charge in [0, 0.05) is 18.2 Å². The van der Waals surface area contributed by atoms with Crippen LogP contribution in [0.1, 0.15) is 27.0 Å². The highest BCUT2D eigenvalue weighted by Crippen LogP contribution is 2.29. The van der Waals surface area contributed by atoms with Crippen LogP contribution < -0.4 is 5.56 Å². The molecule has 1 N–H and O–H groups in total. The summed E-state index contributed by atoms with van der Waals surface area (Å²) in [5, 5.41) is 30.5. The van der Waals surface area contributed by atoms with Gasteiger partial charge in [0.15, 0.2) is 5.78 Å². The molecule has 0 fully saturated rings. The summed E-state index contributed by atoms with van der Waals surface area (Å²) >= 11 is 5.74. The molecule has 0 aliphatic rings. The maximum atomic E-state index is 12.8. The number of aromatic hydroxyl groups is 1. The minimum atomic E-state index is -0.783. The summed E-state index contributed by atoms with van der Waals surface area (Å²) in [6.07, 6.45) is 1.32. The van der Waals surface area contributed by atoms with Gasteiger partial charge in [-0.3, -0.25) is 24.3 Å². The van der Waals surface area contributed by atoms with Crippen LogP contribution in [0.5, 0.6) is 5.88 Å².